The fourth-order valence-corrected chi connectivity index (χ4v) is 3.56. The van der Waals surface area contributed by atoms with Crippen molar-refractivity contribution in [1.29, 1.82) is 0 Å². The number of hydrogen-bond acceptors (Lipinski definition) is 3. The molecule has 0 aliphatic carbocycles. The molecule has 0 spiro atoms. The average Bonchev–Trinajstić information content (AvgIpc) is 2.46. The molecule has 0 amide bonds. The van der Waals surface area contributed by atoms with Crippen LogP contribution in [-0.2, 0) is 10.0 Å². The Kier molecular flexibility index (Phi) is 4.23. The molecule has 0 aromatic heterocycles. The van der Waals surface area contributed by atoms with Crippen molar-refractivity contribution in [3.63, 3.8) is 0 Å². The van der Waals surface area contributed by atoms with Gasteiger partial charge in [-0.25, -0.2) is 13.2 Å². The first-order valence-corrected chi connectivity index (χ1v) is 8.07. The first-order chi connectivity index (χ1) is 10.2. The molecular formula is C16H17NO4S. The molecule has 2 aromatic carbocycles. The summed E-state index contributed by atoms with van der Waals surface area (Å²) in [5.74, 6) is -1.16. The molecule has 5 nitrogen and oxygen atoms in total. The molecule has 116 valence electrons. The topological polar surface area (TPSA) is 74.7 Å². The first-order valence-electron chi connectivity index (χ1n) is 6.63. The van der Waals surface area contributed by atoms with Crippen LogP contribution in [0.25, 0.3) is 0 Å². The van der Waals surface area contributed by atoms with Gasteiger partial charge in [-0.15, -0.1) is 0 Å². The number of aryl methyl sites for hydroxylation is 2. The molecule has 0 fully saturated rings. The summed E-state index contributed by atoms with van der Waals surface area (Å²) >= 11 is 0. The lowest BCUT2D eigenvalue weighted by molar-refractivity contribution is 0.0696. The van der Waals surface area contributed by atoms with Crippen molar-refractivity contribution in [1.82, 2.24) is 0 Å². The Bertz CT molecular complexity index is 828. The third-order valence-electron chi connectivity index (χ3n) is 3.44. The fourth-order valence-electron chi connectivity index (χ4n) is 2.12. The summed E-state index contributed by atoms with van der Waals surface area (Å²) in [6, 6.07) is 11.2. The first kappa shape index (κ1) is 16.0. The number of carboxylic acid groups (broad SMARTS) is 1. The van der Waals surface area contributed by atoms with Crippen LogP contribution in [0.5, 0.6) is 0 Å². The van der Waals surface area contributed by atoms with E-state index in [2.05, 4.69) is 0 Å². The Hall–Kier alpha value is -2.34. The second-order valence-electron chi connectivity index (χ2n) is 5.10. The van der Waals surface area contributed by atoms with Gasteiger partial charge in [0.15, 0.2) is 0 Å². The van der Waals surface area contributed by atoms with E-state index in [4.69, 9.17) is 5.11 Å². The van der Waals surface area contributed by atoms with Gasteiger partial charge in [-0.05, 0) is 49.2 Å². The van der Waals surface area contributed by atoms with Gasteiger partial charge in [0.2, 0.25) is 0 Å². The van der Waals surface area contributed by atoms with E-state index < -0.39 is 16.0 Å². The van der Waals surface area contributed by atoms with E-state index in [1.807, 2.05) is 13.0 Å². The maximum absolute atomic E-state index is 12.8. The zero-order valence-electron chi connectivity index (χ0n) is 12.6. The highest BCUT2D eigenvalue weighted by Crippen LogP contribution is 2.25. The van der Waals surface area contributed by atoms with Gasteiger partial charge in [-0.1, -0.05) is 18.2 Å². The zero-order valence-corrected chi connectivity index (χ0v) is 13.4. The van der Waals surface area contributed by atoms with Crippen LogP contribution in [0.2, 0.25) is 0 Å². The third-order valence-corrected chi connectivity index (χ3v) is 5.37. The van der Waals surface area contributed by atoms with Gasteiger partial charge in [0.1, 0.15) is 0 Å². The molecule has 0 saturated carbocycles. The number of rotatable bonds is 4. The van der Waals surface area contributed by atoms with E-state index in [0.29, 0.717) is 11.3 Å². The van der Waals surface area contributed by atoms with Gasteiger partial charge in [0.25, 0.3) is 10.0 Å². The Morgan fingerprint density at radius 3 is 2.36 bits per heavy atom. The molecule has 0 heterocycles. The molecule has 0 aliphatic rings. The standard InChI is InChI=1S/C16H17NO4S/c1-11-5-4-6-14(9-11)17(3)22(20,21)15-10-13(16(18)19)8-7-12(15)2/h4-10H,1-3H3,(H,18,19). The molecule has 0 saturated heterocycles. The van der Waals surface area contributed by atoms with E-state index in [0.717, 1.165) is 9.87 Å². The van der Waals surface area contributed by atoms with E-state index >= 15 is 0 Å². The summed E-state index contributed by atoms with van der Waals surface area (Å²) in [7, 11) is -2.37. The maximum atomic E-state index is 12.8. The number of carboxylic acids is 1. The number of hydrogen-bond donors (Lipinski definition) is 1. The predicted molar refractivity (Wildman–Crippen MR) is 84.9 cm³/mol. The van der Waals surface area contributed by atoms with Crippen LogP contribution in [0, 0.1) is 13.8 Å². The summed E-state index contributed by atoms with van der Waals surface area (Å²) in [6.07, 6.45) is 0. The minimum atomic E-state index is -3.83. The molecule has 0 radical (unpaired) electrons. The largest absolute Gasteiger partial charge is 0.478 e. The van der Waals surface area contributed by atoms with Gasteiger partial charge in [0.05, 0.1) is 16.1 Å². The lowest BCUT2D eigenvalue weighted by Crippen LogP contribution is -2.27. The van der Waals surface area contributed by atoms with E-state index in [-0.39, 0.29) is 10.5 Å². The third kappa shape index (κ3) is 2.96. The molecule has 0 aliphatic heterocycles. The highest BCUT2D eigenvalue weighted by molar-refractivity contribution is 7.92. The van der Waals surface area contributed by atoms with E-state index in [1.54, 1.807) is 25.1 Å². The van der Waals surface area contributed by atoms with E-state index in [9.17, 15) is 13.2 Å². The minimum absolute atomic E-state index is 0.00333. The lowest BCUT2D eigenvalue weighted by Gasteiger charge is -2.21. The SMILES string of the molecule is Cc1cccc(N(C)S(=O)(=O)c2cc(C(=O)O)ccc2C)c1. The molecule has 22 heavy (non-hydrogen) atoms. The van der Waals surface area contributed by atoms with Gasteiger partial charge < -0.3 is 5.11 Å². The molecule has 2 aromatic rings. The van der Waals surface area contributed by atoms with Crippen molar-refractivity contribution in [2.45, 2.75) is 18.7 Å². The number of aromatic carboxylic acids is 1. The van der Waals surface area contributed by atoms with Crippen LogP contribution in [0.3, 0.4) is 0 Å². The van der Waals surface area contributed by atoms with Crippen molar-refractivity contribution in [2.24, 2.45) is 0 Å². The van der Waals surface area contributed by atoms with Crippen LogP contribution in [0.1, 0.15) is 21.5 Å². The number of carbonyl (C=O) groups is 1. The number of anilines is 1. The number of benzene rings is 2. The van der Waals surface area contributed by atoms with Crippen LogP contribution < -0.4 is 4.31 Å². The summed E-state index contributed by atoms with van der Waals surface area (Å²) in [4.78, 5) is 11.1. The summed E-state index contributed by atoms with van der Waals surface area (Å²) in [5.41, 5.74) is 1.92. The summed E-state index contributed by atoms with van der Waals surface area (Å²) in [5, 5.41) is 9.05. The smallest absolute Gasteiger partial charge is 0.335 e. The highest BCUT2D eigenvalue weighted by Gasteiger charge is 2.24. The lowest BCUT2D eigenvalue weighted by atomic mass is 10.1. The fraction of sp³-hybridized carbons (Fsp3) is 0.188. The van der Waals surface area contributed by atoms with Gasteiger partial charge >= 0.3 is 5.97 Å². The van der Waals surface area contributed by atoms with E-state index in [1.165, 1.54) is 25.2 Å². The van der Waals surface area contributed by atoms with Crippen molar-refractivity contribution in [3.05, 3.63) is 59.2 Å². The Morgan fingerprint density at radius 1 is 1.09 bits per heavy atom. The molecule has 0 bridgehead atoms. The summed E-state index contributed by atoms with van der Waals surface area (Å²) < 4.78 is 26.7. The van der Waals surface area contributed by atoms with Gasteiger partial charge in [-0.2, -0.15) is 0 Å². The Balaban J connectivity index is 2.55. The second kappa shape index (κ2) is 5.81. The predicted octanol–water partition coefficient (Wildman–Crippen LogP) is 2.83. The summed E-state index contributed by atoms with van der Waals surface area (Å²) in [6.45, 7) is 3.52. The van der Waals surface area contributed by atoms with Crippen LogP contribution in [0.15, 0.2) is 47.4 Å². The quantitative estimate of drug-likeness (QED) is 0.940. The zero-order chi connectivity index (χ0) is 16.5. The second-order valence-corrected chi connectivity index (χ2v) is 7.03. The molecule has 0 atom stereocenters. The molecular weight excluding hydrogens is 302 g/mol. The van der Waals surface area contributed by atoms with Crippen LogP contribution in [0.4, 0.5) is 5.69 Å². The number of sulfonamides is 1. The van der Waals surface area contributed by atoms with Crippen molar-refractivity contribution in [2.75, 3.05) is 11.4 Å². The van der Waals surface area contributed by atoms with Crippen molar-refractivity contribution < 1.29 is 18.3 Å². The van der Waals surface area contributed by atoms with Crippen molar-refractivity contribution >= 4 is 21.7 Å². The van der Waals surface area contributed by atoms with Gasteiger partial charge in [-0.3, -0.25) is 4.31 Å². The Morgan fingerprint density at radius 2 is 1.77 bits per heavy atom. The minimum Gasteiger partial charge on any atom is -0.478 e. The normalized spacial score (nSPS) is 11.2. The molecule has 2 rings (SSSR count). The molecule has 6 heteroatoms. The number of nitrogens with zero attached hydrogens (tertiary/aromatic N) is 1. The average molecular weight is 319 g/mol. The van der Waals surface area contributed by atoms with Gasteiger partial charge in [0, 0.05) is 7.05 Å². The van der Waals surface area contributed by atoms with Crippen molar-refractivity contribution in [3.8, 4) is 0 Å². The van der Waals surface area contributed by atoms with Crippen LogP contribution in [-0.4, -0.2) is 26.5 Å². The van der Waals surface area contributed by atoms with Crippen LogP contribution >= 0.6 is 0 Å². The molecule has 0 unspecified atom stereocenters. The maximum Gasteiger partial charge on any atom is 0.335 e. The molecule has 1 N–H and O–H groups in total. The highest BCUT2D eigenvalue weighted by atomic mass is 32.2. The monoisotopic (exact) mass is 319 g/mol. The Labute approximate surface area is 129 Å².